The number of halogens is 3. The van der Waals surface area contributed by atoms with Gasteiger partial charge in [0.15, 0.2) is 0 Å². The minimum atomic E-state index is -4.52. The molecular formula is C24H20F3N3O4. The first-order valence-electron chi connectivity index (χ1n) is 10.4. The van der Waals surface area contributed by atoms with Gasteiger partial charge < -0.3 is 18.8 Å². The predicted molar refractivity (Wildman–Crippen MR) is 118 cm³/mol. The third kappa shape index (κ3) is 3.95. The molecule has 4 aromatic rings. The normalized spacial score (nSPS) is 14.1. The molecule has 0 saturated heterocycles. The molecule has 0 N–H and O–H groups in total. The number of rotatable bonds is 4. The summed E-state index contributed by atoms with van der Waals surface area (Å²) in [5.74, 6) is -0.482. The smallest absolute Gasteiger partial charge is 0.406 e. The summed E-state index contributed by atoms with van der Waals surface area (Å²) in [6.07, 6.45) is 0.739. The average Bonchev–Trinajstić information content (AvgIpc) is 3.38. The van der Waals surface area contributed by atoms with E-state index in [-0.39, 0.29) is 30.2 Å². The molecule has 176 valence electrons. The number of hydrogen-bond donors (Lipinski definition) is 0. The zero-order valence-electron chi connectivity index (χ0n) is 18.3. The zero-order valence-corrected chi connectivity index (χ0v) is 18.3. The Kier molecular flexibility index (Phi) is 5.22. The van der Waals surface area contributed by atoms with E-state index in [9.17, 15) is 18.0 Å². The Labute approximate surface area is 192 Å². The molecule has 7 nitrogen and oxygen atoms in total. The van der Waals surface area contributed by atoms with E-state index in [1.165, 1.54) is 7.11 Å². The number of ether oxygens (including phenoxy) is 2. The molecule has 0 fully saturated rings. The molecule has 0 atom stereocenters. The Morgan fingerprint density at radius 2 is 1.97 bits per heavy atom. The lowest BCUT2D eigenvalue weighted by Crippen LogP contribution is -2.40. The molecule has 10 heteroatoms. The van der Waals surface area contributed by atoms with E-state index in [0.717, 1.165) is 27.0 Å². The molecule has 0 radical (unpaired) electrons. The van der Waals surface area contributed by atoms with Crippen molar-refractivity contribution in [1.82, 2.24) is 14.7 Å². The summed E-state index contributed by atoms with van der Waals surface area (Å²) in [5, 5.41) is 5.02. The molecule has 0 bridgehead atoms. The first kappa shape index (κ1) is 21.9. The maximum absolute atomic E-state index is 13.0. The standard InChI is InChI=1S/C24H20F3N3O4/c1-29-11-16(10-28-29)14-3-4-17-18(12-34-19(17)7-14)15-8-20(32-2)22-21(9-15)33-6-5-30(23(22)31)13-24(25,26)27/h3-4,7-12H,5-6,13H2,1-2H3. The Morgan fingerprint density at radius 3 is 2.68 bits per heavy atom. The number of aryl methyl sites for hydroxylation is 1. The summed E-state index contributed by atoms with van der Waals surface area (Å²) in [4.78, 5) is 13.6. The highest BCUT2D eigenvalue weighted by Crippen LogP contribution is 2.40. The molecule has 0 spiro atoms. The Bertz CT molecular complexity index is 1390. The van der Waals surface area contributed by atoms with Crippen LogP contribution in [-0.4, -0.2) is 53.6 Å². The Morgan fingerprint density at radius 1 is 1.15 bits per heavy atom. The number of amides is 1. The van der Waals surface area contributed by atoms with Crippen LogP contribution in [0.3, 0.4) is 0 Å². The van der Waals surface area contributed by atoms with Gasteiger partial charge in [-0.25, -0.2) is 0 Å². The van der Waals surface area contributed by atoms with E-state index in [0.29, 0.717) is 11.1 Å². The number of furan rings is 1. The topological polar surface area (TPSA) is 69.7 Å². The molecular weight excluding hydrogens is 451 g/mol. The van der Waals surface area contributed by atoms with Crippen LogP contribution in [0.1, 0.15) is 10.4 Å². The number of methoxy groups -OCH3 is 1. The van der Waals surface area contributed by atoms with Crippen LogP contribution in [0, 0.1) is 0 Å². The highest BCUT2D eigenvalue weighted by atomic mass is 19.4. The molecule has 2 aromatic heterocycles. The van der Waals surface area contributed by atoms with Crippen molar-refractivity contribution in [2.24, 2.45) is 7.05 Å². The van der Waals surface area contributed by atoms with Crippen LogP contribution in [-0.2, 0) is 7.05 Å². The van der Waals surface area contributed by atoms with Gasteiger partial charge in [-0.1, -0.05) is 6.07 Å². The molecule has 3 heterocycles. The lowest BCUT2D eigenvalue weighted by molar-refractivity contribution is -0.140. The third-order valence-electron chi connectivity index (χ3n) is 5.70. The largest absolute Gasteiger partial charge is 0.496 e. The first-order valence-corrected chi connectivity index (χ1v) is 10.4. The number of hydrogen-bond acceptors (Lipinski definition) is 5. The van der Waals surface area contributed by atoms with E-state index in [1.54, 1.807) is 29.3 Å². The van der Waals surface area contributed by atoms with Crippen molar-refractivity contribution in [2.45, 2.75) is 6.18 Å². The summed E-state index contributed by atoms with van der Waals surface area (Å²) in [6.45, 7) is -1.61. The van der Waals surface area contributed by atoms with E-state index >= 15 is 0 Å². The van der Waals surface area contributed by atoms with Crippen molar-refractivity contribution in [3.63, 3.8) is 0 Å². The molecule has 5 rings (SSSR count). The number of fused-ring (bicyclic) bond motifs is 2. The average molecular weight is 471 g/mol. The van der Waals surface area contributed by atoms with Gasteiger partial charge in [-0.3, -0.25) is 9.48 Å². The third-order valence-corrected chi connectivity index (χ3v) is 5.70. The van der Waals surface area contributed by atoms with Crippen molar-refractivity contribution in [3.8, 4) is 33.8 Å². The summed E-state index contributed by atoms with van der Waals surface area (Å²) >= 11 is 0. The van der Waals surface area contributed by atoms with Gasteiger partial charge in [-0.05, 0) is 35.4 Å². The van der Waals surface area contributed by atoms with Crippen LogP contribution in [0.25, 0.3) is 33.2 Å². The minimum Gasteiger partial charge on any atom is -0.496 e. The van der Waals surface area contributed by atoms with Gasteiger partial charge in [0, 0.05) is 29.8 Å². The Balaban J connectivity index is 1.55. The lowest BCUT2D eigenvalue weighted by Gasteiger charge is -2.22. The second-order valence-corrected chi connectivity index (χ2v) is 8.00. The fourth-order valence-electron chi connectivity index (χ4n) is 4.13. The van der Waals surface area contributed by atoms with Crippen molar-refractivity contribution in [1.29, 1.82) is 0 Å². The fourth-order valence-corrected chi connectivity index (χ4v) is 4.13. The second kappa shape index (κ2) is 8.12. The van der Waals surface area contributed by atoms with Crippen LogP contribution < -0.4 is 9.47 Å². The summed E-state index contributed by atoms with van der Waals surface area (Å²) in [5.41, 5.74) is 3.91. The molecule has 0 saturated carbocycles. The van der Waals surface area contributed by atoms with Crippen LogP contribution in [0.15, 0.2) is 53.4 Å². The van der Waals surface area contributed by atoms with Gasteiger partial charge >= 0.3 is 6.18 Å². The van der Waals surface area contributed by atoms with Crippen LogP contribution in [0.5, 0.6) is 11.5 Å². The molecule has 1 aliphatic heterocycles. The monoisotopic (exact) mass is 471 g/mol. The second-order valence-electron chi connectivity index (χ2n) is 8.00. The van der Waals surface area contributed by atoms with Crippen LogP contribution in [0.2, 0.25) is 0 Å². The van der Waals surface area contributed by atoms with Gasteiger partial charge in [0.1, 0.15) is 35.8 Å². The predicted octanol–water partition coefficient (Wildman–Crippen LogP) is 4.91. The molecule has 0 aliphatic carbocycles. The van der Waals surface area contributed by atoms with Crippen LogP contribution >= 0.6 is 0 Å². The van der Waals surface area contributed by atoms with Gasteiger partial charge in [0.25, 0.3) is 5.91 Å². The van der Waals surface area contributed by atoms with Gasteiger partial charge in [-0.2, -0.15) is 18.3 Å². The zero-order chi connectivity index (χ0) is 24.0. The van der Waals surface area contributed by atoms with Crippen molar-refractivity contribution in [2.75, 3.05) is 26.8 Å². The van der Waals surface area contributed by atoms with Crippen molar-refractivity contribution >= 4 is 16.9 Å². The number of alkyl halides is 3. The summed E-state index contributed by atoms with van der Waals surface area (Å²) in [6, 6.07) is 9.02. The first-order chi connectivity index (χ1) is 16.2. The van der Waals surface area contributed by atoms with Crippen molar-refractivity contribution in [3.05, 3.63) is 54.6 Å². The summed E-state index contributed by atoms with van der Waals surface area (Å²) in [7, 11) is 3.20. The van der Waals surface area contributed by atoms with Crippen molar-refractivity contribution < 1.29 is 31.9 Å². The van der Waals surface area contributed by atoms with Crippen LogP contribution in [0.4, 0.5) is 13.2 Å². The molecule has 2 aromatic carbocycles. The fraction of sp³-hybridized carbons (Fsp3) is 0.250. The lowest BCUT2D eigenvalue weighted by atomic mass is 9.99. The van der Waals surface area contributed by atoms with E-state index in [1.807, 2.05) is 31.4 Å². The molecule has 0 unspecified atom stereocenters. The maximum atomic E-state index is 13.0. The van der Waals surface area contributed by atoms with Gasteiger partial charge in [0.05, 0.1) is 26.1 Å². The number of carbonyl (C=O) groups is 1. The number of carbonyl (C=O) groups excluding carboxylic acids is 1. The van der Waals surface area contributed by atoms with E-state index < -0.39 is 18.6 Å². The quantitative estimate of drug-likeness (QED) is 0.423. The summed E-state index contributed by atoms with van der Waals surface area (Å²) < 4.78 is 57.5. The van der Waals surface area contributed by atoms with Gasteiger partial charge in [0.2, 0.25) is 0 Å². The molecule has 34 heavy (non-hydrogen) atoms. The minimum absolute atomic E-state index is 0.0281. The molecule has 1 aliphatic rings. The van der Waals surface area contributed by atoms with E-state index in [4.69, 9.17) is 13.9 Å². The highest BCUT2D eigenvalue weighted by molar-refractivity contribution is 6.02. The number of benzene rings is 2. The van der Waals surface area contributed by atoms with E-state index in [2.05, 4.69) is 5.10 Å². The SMILES string of the molecule is COc1cc(-c2coc3cc(-c4cnn(C)c4)ccc23)cc2c1C(=O)N(CC(F)(F)F)CCO2. The molecule has 1 amide bonds. The highest BCUT2D eigenvalue weighted by Gasteiger charge is 2.36. The number of nitrogens with zero attached hydrogens (tertiary/aromatic N) is 3. The maximum Gasteiger partial charge on any atom is 0.406 e. The Hall–Kier alpha value is -3.95. The van der Waals surface area contributed by atoms with Gasteiger partial charge in [-0.15, -0.1) is 0 Å². The number of aromatic nitrogens is 2.